The number of para-hydroxylation sites is 1. The normalized spacial score (nSPS) is 10.6. The number of rotatable bonds is 6. The standard InChI is InChI=1S/C16H16N6O3/c1-19(16(23)11-20-10-15(17-12-20)22(24)25)8-13-7-18-21(9-13)14-5-3-2-4-6-14/h2-7,9-10,12H,8,11H2,1H3. The zero-order valence-electron chi connectivity index (χ0n) is 13.5. The average molecular weight is 340 g/mol. The van der Waals surface area contributed by atoms with E-state index in [4.69, 9.17) is 0 Å². The maximum atomic E-state index is 12.3. The first-order chi connectivity index (χ1) is 12.0. The number of likely N-dealkylation sites (N-methyl/N-ethyl adjacent to an activating group) is 1. The lowest BCUT2D eigenvalue weighted by atomic mass is 10.3. The summed E-state index contributed by atoms with van der Waals surface area (Å²) in [6.07, 6.45) is 6.08. The summed E-state index contributed by atoms with van der Waals surface area (Å²) >= 11 is 0. The molecule has 0 radical (unpaired) electrons. The molecule has 0 aliphatic heterocycles. The lowest BCUT2D eigenvalue weighted by Crippen LogP contribution is -2.29. The SMILES string of the molecule is CN(Cc1cnn(-c2ccccc2)c1)C(=O)Cn1cnc([N+](=O)[O-])c1. The van der Waals surface area contributed by atoms with Gasteiger partial charge in [-0.2, -0.15) is 5.10 Å². The molecule has 9 nitrogen and oxygen atoms in total. The Morgan fingerprint density at radius 3 is 2.72 bits per heavy atom. The monoisotopic (exact) mass is 340 g/mol. The summed E-state index contributed by atoms with van der Waals surface area (Å²) < 4.78 is 3.14. The lowest BCUT2D eigenvalue weighted by molar-refractivity contribution is -0.389. The van der Waals surface area contributed by atoms with Crippen molar-refractivity contribution in [3.63, 3.8) is 0 Å². The second kappa shape index (κ2) is 6.95. The Kier molecular flexibility index (Phi) is 4.55. The molecular formula is C16H16N6O3. The van der Waals surface area contributed by atoms with Crippen LogP contribution in [0, 0.1) is 10.1 Å². The fraction of sp³-hybridized carbons (Fsp3) is 0.188. The first kappa shape index (κ1) is 16.4. The number of hydrogen-bond donors (Lipinski definition) is 0. The van der Waals surface area contributed by atoms with Crippen LogP contribution in [0.5, 0.6) is 0 Å². The topological polar surface area (TPSA) is 99.1 Å². The van der Waals surface area contributed by atoms with Crippen LogP contribution in [0.2, 0.25) is 0 Å². The van der Waals surface area contributed by atoms with Crippen molar-refractivity contribution in [1.29, 1.82) is 0 Å². The molecule has 0 spiro atoms. The van der Waals surface area contributed by atoms with Crippen LogP contribution in [-0.4, -0.2) is 42.1 Å². The van der Waals surface area contributed by atoms with E-state index >= 15 is 0 Å². The summed E-state index contributed by atoms with van der Waals surface area (Å²) in [5.41, 5.74) is 1.82. The Bertz CT molecular complexity index is 886. The second-order valence-corrected chi connectivity index (χ2v) is 5.54. The molecule has 25 heavy (non-hydrogen) atoms. The molecule has 0 saturated carbocycles. The van der Waals surface area contributed by atoms with Crippen LogP contribution in [0.15, 0.2) is 55.2 Å². The molecule has 1 amide bonds. The number of imidazole rings is 1. The van der Waals surface area contributed by atoms with Gasteiger partial charge in [0.2, 0.25) is 12.2 Å². The highest BCUT2D eigenvalue weighted by Gasteiger charge is 2.15. The van der Waals surface area contributed by atoms with E-state index in [1.807, 2.05) is 36.5 Å². The van der Waals surface area contributed by atoms with Crippen LogP contribution in [0.1, 0.15) is 5.56 Å². The molecule has 0 unspecified atom stereocenters. The lowest BCUT2D eigenvalue weighted by Gasteiger charge is -2.16. The van der Waals surface area contributed by atoms with Crippen LogP contribution in [0.4, 0.5) is 5.82 Å². The largest absolute Gasteiger partial charge is 0.381 e. The highest BCUT2D eigenvalue weighted by atomic mass is 16.6. The summed E-state index contributed by atoms with van der Waals surface area (Å²) in [5.74, 6) is -0.459. The van der Waals surface area contributed by atoms with Crippen LogP contribution in [-0.2, 0) is 17.9 Å². The highest BCUT2D eigenvalue weighted by molar-refractivity contribution is 5.75. The van der Waals surface area contributed by atoms with E-state index in [0.29, 0.717) is 6.54 Å². The fourth-order valence-electron chi connectivity index (χ4n) is 2.33. The van der Waals surface area contributed by atoms with Crippen molar-refractivity contribution in [2.75, 3.05) is 7.05 Å². The Morgan fingerprint density at radius 2 is 2.04 bits per heavy atom. The van der Waals surface area contributed by atoms with Gasteiger partial charge in [-0.1, -0.05) is 18.2 Å². The van der Waals surface area contributed by atoms with Gasteiger partial charge in [0.25, 0.3) is 0 Å². The minimum Gasteiger partial charge on any atom is -0.358 e. The van der Waals surface area contributed by atoms with Crippen molar-refractivity contribution >= 4 is 11.7 Å². The van der Waals surface area contributed by atoms with Gasteiger partial charge in [0, 0.05) is 25.4 Å². The van der Waals surface area contributed by atoms with E-state index in [0.717, 1.165) is 11.3 Å². The number of benzene rings is 1. The third kappa shape index (κ3) is 3.89. The Hall–Kier alpha value is -3.49. The summed E-state index contributed by atoms with van der Waals surface area (Å²) in [4.78, 5) is 27.4. The third-order valence-electron chi connectivity index (χ3n) is 3.63. The molecule has 3 rings (SSSR count). The molecular weight excluding hydrogens is 324 g/mol. The number of carbonyl (C=O) groups excluding carboxylic acids is 1. The van der Waals surface area contributed by atoms with Crippen molar-refractivity contribution in [2.45, 2.75) is 13.1 Å². The van der Waals surface area contributed by atoms with Crippen LogP contribution >= 0.6 is 0 Å². The van der Waals surface area contributed by atoms with E-state index in [-0.39, 0.29) is 18.3 Å². The van der Waals surface area contributed by atoms with Crippen LogP contribution in [0.3, 0.4) is 0 Å². The maximum Gasteiger partial charge on any atom is 0.381 e. The van der Waals surface area contributed by atoms with E-state index in [2.05, 4.69) is 10.1 Å². The molecule has 1 aromatic carbocycles. The first-order valence-corrected chi connectivity index (χ1v) is 7.52. The molecule has 0 atom stereocenters. The van der Waals surface area contributed by atoms with Crippen molar-refractivity contribution in [3.05, 3.63) is 70.9 Å². The minimum absolute atomic E-state index is 0.00976. The molecule has 128 valence electrons. The number of hydrogen-bond acceptors (Lipinski definition) is 5. The van der Waals surface area contributed by atoms with Crippen molar-refractivity contribution in [2.24, 2.45) is 0 Å². The number of nitro groups is 1. The summed E-state index contributed by atoms with van der Waals surface area (Å²) in [7, 11) is 1.67. The zero-order chi connectivity index (χ0) is 17.8. The number of amides is 1. The van der Waals surface area contributed by atoms with Gasteiger partial charge in [0.05, 0.1) is 11.9 Å². The summed E-state index contributed by atoms with van der Waals surface area (Å²) in [5, 5.41) is 14.9. The summed E-state index contributed by atoms with van der Waals surface area (Å²) in [6.45, 7) is 0.382. The Morgan fingerprint density at radius 1 is 1.28 bits per heavy atom. The Labute approximate surface area is 143 Å². The van der Waals surface area contributed by atoms with Gasteiger partial charge in [-0.15, -0.1) is 0 Å². The van der Waals surface area contributed by atoms with Gasteiger partial charge in [0.1, 0.15) is 12.7 Å². The predicted molar refractivity (Wildman–Crippen MR) is 88.9 cm³/mol. The third-order valence-corrected chi connectivity index (χ3v) is 3.63. The molecule has 0 aliphatic rings. The molecule has 0 bridgehead atoms. The van der Waals surface area contributed by atoms with E-state index in [1.54, 1.807) is 17.9 Å². The molecule has 3 aromatic rings. The van der Waals surface area contributed by atoms with E-state index in [9.17, 15) is 14.9 Å². The molecule has 2 aromatic heterocycles. The van der Waals surface area contributed by atoms with Crippen LogP contribution in [0.25, 0.3) is 5.69 Å². The molecule has 0 aliphatic carbocycles. The van der Waals surface area contributed by atoms with Gasteiger partial charge in [-0.05, 0) is 22.0 Å². The van der Waals surface area contributed by atoms with Crippen LogP contribution < -0.4 is 0 Å². The van der Waals surface area contributed by atoms with Crippen molar-refractivity contribution < 1.29 is 9.72 Å². The quantitative estimate of drug-likeness (QED) is 0.502. The number of aromatic nitrogens is 4. The summed E-state index contributed by atoms with van der Waals surface area (Å²) in [6, 6.07) is 9.67. The van der Waals surface area contributed by atoms with E-state index < -0.39 is 4.92 Å². The zero-order valence-corrected chi connectivity index (χ0v) is 13.5. The minimum atomic E-state index is -0.595. The van der Waals surface area contributed by atoms with Gasteiger partial charge in [-0.25, -0.2) is 4.68 Å². The molecule has 2 heterocycles. The van der Waals surface area contributed by atoms with Gasteiger partial charge in [-0.3, -0.25) is 4.79 Å². The van der Waals surface area contributed by atoms with Gasteiger partial charge >= 0.3 is 5.82 Å². The smallest absolute Gasteiger partial charge is 0.358 e. The number of nitrogens with zero attached hydrogens (tertiary/aromatic N) is 6. The van der Waals surface area contributed by atoms with Gasteiger partial charge in [0.15, 0.2) is 0 Å². The molecule has 9 heteroatoms. The number of carbonyl (C=O) groups is 1. The molecule has 0 fully saturated rings. The predicted octanol–water partition coefficient (Wildman–Crippen LogP) is 1.64. The van der Waals surface area contributed by atoms with E-state index in [1.165, 1.54) is 22.0 Å². The maximum absolute atomic E-state index is 12.3. The Balaban J connectivity index is 1.61. The molecule has 0 N–H and O–H groups in total. The highest BCUT2D eigenvalue weighted by Crippen LogP contribution is 2.10. The first-order valence-electron chi connectivity index (χ1n) is 7.52. The molecule has 0 saturated heterocycles. The van der Waals surface area contributed by atoms with Crippen molar-refractivity contribution in [3.8, 4) is 5.69 Å². The van der Waals surface area contributed by atoms with Gasteiger partial charge < -0.3 is 19.6 Å². The average Bonchev–Trinajstić information content (AvgIpc) is 3.25. The fourth-order valence-corrected chi connectivity index (χ4v) is 2.33. The van der Waals surface area contributed by atoms with Crippen molar-refractivity contribution in [1.82, 2.24) is 24.2 Å². The second-order valence-electron chi connectivity index (χ2n) is 5.54.